The van der Waals surface area contributed by atoms with Crippen molar-refractivity contribution in [2.45, 2.75) is 25.8 Å². The van der Waals surface area contributed by atoms with Crippen LogP contribution in [0.25, 0.3) is 0 Å². The molecule has 1 fully saturated rings. The molecule has 0 aliphatic carbocycles. The first-order chi connectivity index (χ1) is 9.06. The second-order valence-electron chi connectivity index (χ2n) is 4.65. The molecule has 2 rings (SSSR count). The lowest BCUT2D eigenvalue weighted by molar-refractivity contribution is -0.385. The Bertz CT molecular complexity index is 474. The molecule has 1 saturated heterocycles. The average Bonchev–Trinajstić information content (AvgIpc) is 2.75. The summed E-state index contributed by atoms with van der Waals surface area (Å²) in [6, 6.07) is 3.03. The van der Waals surface area contributed by atoms with E-state index in [1.54, 1.807) is 6.07 Å². The zero-order valence-corrected chi connectivity index (χ0v) is 10.7. The highest BCUT2D eigenvalue weighted by Crippen LogP contribution is 2.14. The smallest absolute Gasteiger partial charge is 0.287 e. The normalized spacial score (nSPS) is 16.5. The highest BCUT2D eigenvalue weighted by Gasteiger charge is 2.21. The molecule has 1 N–H and O–H groups in total. The van der Waals surface area contributed by atoms with Crippen LogP contribution in [0.2, 0.25) is 0 Å². The molecule has 0 saturated carbocycles. The van der Waals surface area contributed by atoms with E-state index in [1.807, 2.05) is 11.8 Å². The molecule has 1 atom stereocenters. The minimum Gasteiger partial charge on any atom is -0.366 e. The third kappa shape index (κ3) is 3.40. The van der Waals surface area contributed by atoms with Crippen LogP contribution in [-0.2, 0) is 4.79 Å². The van der Waals surface area contributed by atoms with Gasteiger partial charge in [-0.25, -0.2) is 4.98 Å². The van der Waals surface area contributed by atoms with Crippen LogP contribution >= 0.6 is 0 Å². The van der Waals surface area contributed by atoms with Crippen molar-refractivity contribution >= 4 is 17.4 Å². The zero-order valence-electron chi connectivity index (χ0n) is 10.7. The molecule has 0 aromatic carbocycles. The molecule has 2 heterocycles. The summed E-state index contributed by atoms with van der Waals surface area (Å²) in [6.45, 7) is 3.38. The molecule has 0 spiro atoms. The van der Waals surface area contributed by atoms with E-state index in [2.05, 4.69) is 10.3 Å². The van der Waals surface area contributed by atoms with Gasteiger partial charge in [0, 0.05) is 31.6 Å². The fourth-order valence-electron chi connectivity index (χ4n) is 2.11. The van der Waals surface area contributed by atoms with Gasteiger partial charge in [0.1, 0.15) is 12.0 Å². The third-order valence-corrected chi connectivity index (χ3v) is 3.02. The number of carbonyl (C=O) groups excluding carboxylic acids is 1. The summed E-state index contributed by atoms with van der Waals surface area (Å²) in [5.41, 5.74) is -0.0343. The van der Waals surface area contributed by atoms with E-state index < -0.39 is 4.92 Å². The summed E-state index contributed by atoms with van der Waals surface area (Å²) < 4.78 is 0. The van der Waals surface area contributed by atoms with E-state index >= 15 is 0 Å². The van der Waals surface area contributed by atoms with Crippen molar-refractivity contribution in [2.75, 3.05) is 18.4 Å². The Morgan fingerprint density at radius 3 is 2.89 bits per heavy atom. The van der Waals surface area contributed by atoms with E-state index in [9.17, 15) is 14.9 Å². The van der Waals surface area contributed by atoms with Gasteiger partial charge < -0.3 is 10.2 Å². The number of anilines is 1. The van der Waals surface area contributed by atoms with Crippen molar-refractivity contribution in [3.63, 3.8) is 0 Å². The molecule has 0 bridgehead atoms. The lowest BCUT2D eigenvalue weighted by atomic mass is 10.3. The van der Waals surface area contributed by atoms with E-state index in [4.69, 9.17) is 0 Å². The van der Waals surface area contributed by atoms with Gasteiger partial charge in [-0.15, -0.1) is 0 Å². The number of pyridine rings is 1. The predicted octanol–water partition coefficient (Wildman–Crippen LogP) is 1.41. The molecule has 0 unspecified atom stereocenters. The van der Waals surface area contributed by atoms with Crippen molar-refractivity contribution in [2.24, 2.45) is 0 Å². The SMILES string of the molecule is C[C@H](CN1CCCC1=O)Nc1ccc([N+](=O)[O-])cn1. The molecule has 19 heavy (non-hydrogen) atoms. The van der Waals surface area contributed by atoms with Crippen LogP contribution in [0.15, 0.2) is 18.3 Å². The number of carbonyl (C=O) groups is 1. The number of nitro groups is 1. The number of rotatable bonds is 5. The fourth-order valence-corrected chi connectivity index (χ4v) is 2.11. The summed E-state index contributed by atoms with van der Waals surface area (Å²) in [4.78, 5) is 27.3. The van der Waals surface area contributed by atoms with Gasteiger partial charge in [0.25, 0.3) is 5.69 Å². The lowest BCUT2D eigenvalue weighted by Crippen LogP contribution is -2.35. The van der Waals surface area contributed by atoms with E-state index in [1.165, 1.54) is 12.3 Å². The summed E-state index contributed by atoms with van der Waals surface area (Å²) in [6.07, 6.45) is 2.76. The van der Waals surface area contributed by atoms with Gasteiger partial charge in [-0.05, 0) is 19.4 Å². The van der Waals surface area contributed by atoms with Crippen LogP contribution in [0.3, 0.4) is 0 Å². The van der Waals surface area contributed by atoms with Crippen molar-refractivity contribution in [3.05, 3.63) is 28.4 Å². The monoisotopic (exact) mass is 264 g/mol. The van der Waals surface area contributed by atoms with E-state index in [0.29, 0.717) is 18.8 Å². The van der Waals surface area contributed by atoms with Crippen LogP contribution in [0, 0.1) is 10.1 Å². The quantitative estimate of drug-likeness (QED) is 0.641. The predicted molar refractivity (Wildman–Crippen MR) is 69.8 cm³/mol. The van der Waals surface area contributed by atoms with Crippen LogP contribution < -0.4 is 5.32 Å². The van der Waals surface area contributed by atoms with Crippen LogP contribution in [0.4, 0.5) is 11.5 Å². The molecule has 1 aliphatic rings. The molecular formula is C12H16N4O3. The first-order valence-corrected chi connectivity index (χ1v) is 6.21. The first kappa shape index (κ1) is 13.3. The van der Waals surface area contributed by atoms with Gasteiger partial charge in [-0.2, -0.15) is 0 Å². The summed E-state index contributed by atoms with van der Waals surface area (Å²) in [7, 11) is 0. The van der Waals surface area contributed by atoms with Gasteiger partial charge >= 0.3 is 0 Å². The minimum atomic E-state index is -0.483. The minimum absolute atomic E-state index is 0.0343. The second kappa shape index (κ2) is 5.64. The van der Waals surface area contributed by atoms with Gasteiger partial charge in [0.15, 0.2) is 0 Å². The second-order valence-corrected chi connectivity index (χ2v) is 4.65. The maximum absolute atomic E-state index is 11.5. The largest absolute Gasteiger partial charge is 0.366 e. The molecule has 1 aliphatic heterocycles. The Morgan fingerprint density at radius 2 is 2.37 bits per heavy atom. The third-order valence-electron chi connectivity index (χ3n) is 3.02. The maximum atomic E-state index is 11.5. The number of nitrogens with one attached hydrogen (secondary N) is 1. The highest BCUT2D eigenvalue weighted by atomic mass is 16.6. The maximum Gasteiger partial charge on any atom is 0.287 e. The highest BCUT2D eigenvalue weighted by molar-refractivity contribution is 5.78. The summed E-state index contributed by atoms with van der Waals surface area (Å²) >= 11 is 0. The van der Waals surface area contributed by atoms with Crippen LogP contribution in [-0.4, -0.2) is 39.8 Å². The Balaban J connectivity index is 1.89. The van der Waals surface area contributed by atoms with Crippen LogP contribution in [0.1, 0.15) is 19.8 Å². The summed E-state index contributed by atoms with van der Waals surface area (Å²) in [5, 5.41) is 13.6. The number of likely N-dealkylation sites (tertiary alicyclic amines) is 1. The van der Waals surface area contributed by atoms with Gasteiger partial charge in [-0.3, -0.25) is 14.9 Å². The number of amides is 1. The van der Waals surface area contributed by atoms with Crippen molar-refractivity contribution < 1.29 is 9.72 Å². The Kier molecular flexibility index (Phi) is 3.94. The fraction of sp³-hybridized carbons (Fsp3) is 0.500. The number of hydrogen-bond acceptors (Lipinski definition) is 5. The van der Waals surface area contributed by atoms with E-state index in [-0.39, 0.29) is 17.6 Å². The van der Waals surface area contributed by atoms with Crippen molar-refractivity contribution in [1.82, 2.24) is 9.88 Å². The van der Waals surface area contributed by atoms with Gasteiger partial charge in [0.05, 0.1) is 4.92 Å². The molecule has 102 valence electrons. The zero-order chi connectivity index (χ0) is 13.8. The lowest BCUT2D eigenvalue weighted by Gasteiger charge is -2.21. The molecule has 7 heteroatoms. The van der Waals surface area contributed by atoms with Crippen molar-refractivity contribution in [3.8, 4) is 0 Å². The Morgan fingerprint density at radius 1 is 1.58 bits per heavy atom. The van der Waals surface area contributed by atoms with Gasteiger partial charge in [-0.1, -0.05) is 0 Å². The van der Waals surface area contributed by atoms with Crippen LogP contribution in [0.5, 0.6) is 0 Å². The molecule has 7 nitrogen and oxygen atoms in total. The molecule has 1 amide bonds. The Labute approximate surface area is 110 Å². The number of hydrogen-bond donors (Lipinski definition) is 1. The molecular weight excluding hydrogens is 248 g/mol. The average molecular weight is 264 g/mol. The topological polar surface area (TPSA) is 88.4 Å². The molecule has 1 aromatic heterocycles. The molecule has 1 aromatic rings. The molecule has 0 radical (unpaired) electrons. The Hall–Kier alpha value is -2.18. The van der Waals surface area contributed by atoms with Gasteiger partial charge in [0.2, 0.25) is 5.91 Å². The number of aromatic nitrogens is 1. The van der Waals surface area contributed by atoms with E-state index in [0.717, 1.165) is 13.0 Å². The number of nitrogens with zero attached hydrogens (tertiary/aromatic N) is 3. The van der Waals surface area contributed by atoms with Crippen molar-refractivity contribution in [1.29, 1.82) is 0 Å². The standard InChI is InChI=1S/C12H16N4O3/c1-9(8-15-6-2-3-12(15)17)14-11-5-4-10(7-13-11)16(18)19/h4-5,7,9H,2-3,6,8H2,1H3,(H,13,14)/t9-/m1/s1. The summed E-state index contributed by atoms with van der Waals surface area (Å²) in [5.74, 6) is 0.759. The first-order valence-electron chi connectivity index (χ1n) is 6.21.